The van der Waals surface area contributed by atoms with Gasteiger partial charge in [-0.2, -0.15) is 5.10 Å². The van der Waals surface area contributed by atoms with Crippen molar-refractivity contribution in [2.45, 2.75) is 19.4 Å². The Bertz CT molecular complexity index is 1160. The third-order valence-corrected chi connectivity index (χ3v) is 5.21. The summed E-state index contributed by atoms with van der Waals surface area (Å²) in [6.45, 7) is 2.08. The van der Waals surface area contributed by atoms with Crippen molar-refractivity contribution in [3.63, 3.8) is 0 Å². The van der Waals surface area contributed by atoms with E-state index in [2.05, 4.69) is 26.3 Å². The molecule has 1 amide bonds. The third-order valence-electron chi connectivity index (χ3n) is 4.72. The zero-order valence-electron chi connectivity index (χ0n) is 15.5. The van der Waals surface area contributed by atoms with Crippen LogP contribution in [0.4, 0.5) is 4.39 Å². The van der Waals surface area contributed by atoms with Crippen LogP contribution in [0.3, 0.4) is 0 Å². The predicted molar refractivity (Wildman–Crippen MR) is 109 cm³/mol. The molecule has 0 fully saturated rings. The first-order chi connectivity index (χ1) is 13.9. The number of benzene rings is 2. The number of ether oxygens (including phenoxy) is 1. The van der Waals surface area contributed by atoms with Crippen molar-refractivity contribution >= 4 is 21.8 Å². The summed E-state index contributed by atoms with van der Waals surface area (Å²) in [7, 11) is 0. The average Bonchev–Trinajstić information content (AvgIpc) is 2.69. The molecule has 0 radical (unpaired) electrons. The maximum atomic E-state index is 14.2. The summed E-state index contributed by atoms with van der Waals surface area (Å²) in [5.74, 6) is -0.426. The van der Waals surface area contributed by atoms with Crippen molar-refractivity contribution in [1.82, 2.24) is 15.1 Å². The van der Waals surface area contributed by atoms with Gasteiger partial charge in [0.05, 0.1) is 12.6 Å². The molecule has 3 aromatic rings. The van der Waals surface area contributed by atoms with Gasteiger partial charge in [-0.15, -0.1) is 0 Å². The molecule has 0 aliphatic carbocycles. The second-order valence-corrected chi connectivity index (χ2v) is 7.62. The molecule has 29 heavy (non-hydrogen) atoms. The lowest BCUT2D eigenvalue weighted by atomic mass is 10.0. The van der Waals surface area contributed by atoms with Crippen LogP contribution >= 0.6 is 15.9 Å². The van der Waals surface area contributed by atoms with E-state index in [1.807, 2.05) is 18.2 Å². The van der Waals surface area contributed by atoms with Crippen LogP contribution in [-0.2, 0) is 0 Å². The molecular weight excluding hydrogens is 441 g/mol. The van der Waals surface area contributed by atoms with Crippen molar-refractivity contribution in [3.8, 4) is 11.4 Å². The molecule has 4 rings (SSSR count). The van der Waals surface area contributed by atoms with Gasteiger partial charge in [0.2, 0.25) is 5.43 Å². The molecule has 0 bridgehead atoms. The molecule has 1 unspecified atom stereocenters. The smallest absolute Gasteiger partial charge is 0.276 e. The second-order valence-electron chi connectivity index (χ2n) is 6.71. The molecular formula is C21H17BrFN3O3. The highest BCUT2D eigenvalue weighted by Crippen LogP contribution is 2.34. The summed E-state index contributed by atoms with van der Waals surface area (Å²) in [6, 6.07) is 12.6. The predicted octanol–water partition coefficient (Wildman–Crippen LogP) is 3.70. The van der Waals surface area contributed by atoms with Crippen LogP contribution in [0.1, 0.15) is 34.2 Å². The summed E-state index contributed by atoms with van der Waals surface area (Å²) in [6.07, 6.45) is 0.558. The number of aryl methyl sites for hydroxylation is 1. The first kappa shape index (κ1) is 19.3. The number of hydrogen-bond donors (Lipinski definition) is 1. The number of aromatic nitrogens is 2. The first-order valence-corrected chi connectivity index (χ1v) is 9.82. The Morgan fingerprint density at radius 1 is 1.28 bits per heavy atom. The largest absolute Gasteiger partial charge is 0.493 e. The minimum atomic E-state index is -0.613. The molecule has 0 saturated carbocycles. The van der Waals surface area contributed by atoms with Crippen LogP contribution < -0.4 is 15.5 Å². The summed E-state index contributed by atoms with van der Waals surface area (Å²) in [5, 5.41) is 7.02. The van der Waals surface area contributed by atoms with Gasteiger partial charge in [-0.25, -0.2) is 9.07 Å². The zero-order valence-corrected chi connectivity index (χ0v) is 17.1. The minimum absolute atomic E-state index is 0.166. The fourth-order valence-electron chi connectivity index (χ4n) is 3.31. The number of carbonyl (C=O) groups excluding carboxylic acids is 1. The van der Waals surface area contributed by atoms with E-state index in [1.165, 1.54) is 22.9 Å². The van der Waals surface area contributed by atoms with Crippen molar-refractivity contribution < 1.29 is 13.9 Å². The molecule has 8 heteroatoms. The highest BCUT2D eigenvalue weighted by molar-refractivity contribution is 9.10. The van der Waals surface area contributed by atoms with E-state index in [9.17, 15) is 14.0 Å². The van der Waals surface area contributed by atoms with Gasteiger partial charge in [-0.3, -0.25) is 9.59 Å². The monoisotopic (exact) mass is 457 g/mol. The van der Waals surface area contributed by atoms with Crippen LogP contribution in [0.5, 0.6) is 5.75 Å². The van der Waals surface area contributed by atoms with Crippen LogP contribution in [0.2, 0.25) is 0 Å². The van der Waals surface area contributed by atoms with E-state index in [1.54, 1.807) is 19.1 Å². The summed E-state index contributed by atoms with van der Waals surface area (Å²) in [4.78, 5) is 25.3. The third kappa shape index (κ3) is 3.80. The fourth-order valence-corrected chi connectivity index (χ4v) is 3.69. The summed E-state index contributed by atoms with van der Waals surface area (Å²) >= 11 is 3.42. The van der Waals surface area contributed by atoms with Gasteiger partial charge < -0.3 is 10.1 Å². The zero-order chi connectivity index (χ0) is 20.5. The highest BCUT2D eigenvalue weighted by Gasteiger charge is 2.26. The van der Waals surface area contributed by atoms with E-state index in [4.69, 9.17) is 4.74 Å². The quantitative estimate of drug-likeness (QED) is 0.650. The van der Waals surface area contributed by atoms with Crippen LogP contribution in [0.15, 0.2) is 57.8 Å². The number of rotatable bonds is 3. The normalized spacial score (nSPS) is 15.3. The Morgan fingerprint density at radius 2 is 2.07 bits per heavy atom. The van der Waals surface area contributed by atoms with Gasteiger partial charge in [0.1, 0.15) is 17.3 Å². The molecule has 1 atom stereocenters. The Morgan fingerprint density at radius 3 is 2.86 bits per heavy atom. The number of halogens is 2. The molecule has 2 aromatic carbocycles. The second kappa shape index (κ2) is 7.79. The Hall–Kier alpha value is -3.00. The number of nitrogens with one attached hydrogen (secondary N) is 1. The lowest BCUT2D eigenvalue weighted by Gasteiger charge is -2.26. The number of hydrogen-bond acceptors (Lipinski definition) is 4. The van der Waals surface area contributed by atoms with Gasteiger partial charge in [0, 0.05) is 28.2 Å². The molecule has 6 nitrogen and oxygen atoms in total. The van der Waals surface area contributed by atoms with Crippen molar-refractivity contribution in [2.24, 2.45) is 0 Å². The molecule has 2 heterocycles. The fraction of sp³-hybridized carbons (Fsp3) is 0.190. The maximum Gasteiger partial charge on any atom is 0.276 e. The molecule has 148 valence electrons. The van der Waals surface area contributed by atoms with Crippen LogP contribution in [0, 0.1) is 12.7 Å². The molecule has 0 spiro atoms. The van der Waals surface area contributed by atoms with Crippen molar-refractivity contribution in [3.05, 3.63) is 86.0 Å². The molecule has 1 N–H and O–H groups in total. The molecule has 1 aliphatic heterocycles. The standard InChI is InChI=1S/C21H17BrFN3O3/c1-12-10-18(27)20(25-26(12)17-5-3-2-4-15(17)23)21(28)24-16-8-9-29-19-7-6-13(22)11-14(16)19/h2-7,10-11,16H,8-9H2,1H3,(H,24,28). The molecule has 0 saturated heterocycles. The number of carbonyl (C=O) groups is 1. The van der Waals surface area contributed by atoms with E-state index in [0.29, 0.717) is 24.5 Å². The van der Waals surface area contributed by atoms with Crippen LogP contribution in [0.25, 0.3) is 5.69 Å². The maximum absolute atomic E-state index is 14.2. The average molecular weight is 458 g/mol. The SMILES string of the molecule is Cc1cc(=O)c(C(=O)NC2CCOc3ccc(Br)cc32)nn1-c1ccccc1F. The number of para-hydroxylation sites is 1. The van der Waals surface area contributed by atoms with Crippen LogP contribution in [-0.4, -0.2) is 22.3 Å². The lowest BCUT2D eigenvalue weighted by molar-refractivity contribution is 0.0916. The van der Waals surface area contributed by atoms with E-state index < -0.39 is 17.2 Å². The molecule has 1 aliphatic rings. The Balaban J connectivity index is 1.69. The van der Waals surface area contributed by atoms with Gasteiger partial charge in [-0.1, -0.05) is 28.1 Å². The summed E-state index contributed by atoms with van der Waals surface area (Å²) < 4.78 is 22.0. The highest BCUT2D eigenvalue weighted by atomic mass is 79.9. The van der Waals surface area contributed by atoms with Gasteiger partial charge >= 0.3 is 0 Å². The summed E-state index contributed by atoms with van der Waals surface area (Å²) in [5.41, 5.74) is 0.605. The van der Waals surface area contributed by atoms with Gasteiger partial charge in [0.25, 0.3) is 5.91 Å². The van der Waals surface area contributed by atoms with Crippen molar-refractivity contribution in [1.29, 1.82) is 0 Å². The number of fused-ring (bicyclic) bond motifs is 1. The topological polar surface area (TPSA) is 73.2 Å². The lowest BCUT2D eigenvalue weighted by Crippen LogP contribution is -2.36. The first-order valence-electron chi connectivity index (χ1n) is 9.03. The van der Waals surface area contributed by atoms with Crippen molar-refractivity contribution in [2.75, 3.05) is 6.61 Å². The van der Waals surface area contributed by atoms with Gasteiger partial charge in [0.15, 0.2) is 5.69 Å². The number of nitrogens with zero attached hydrogens (tertiary/aromatic N) is 2. The van der Waals surface area contributed by atoms with E-state index in [-0.39, 0.29) is 17.4 Å². The number of amides is 1. The minimum Gasteiger partial charge on any atom is -0.493 e. The van der Waals surface area contributed by atoms with E-state index >= 15 is 0 Å². The van der Waals surface area contributed by atoms with Gasteiger partial charge in [-0.05, 0) is 37.3 Å². The molecule has 1 aromatic heterocycles. The Labute approximate surface area is 174 Å². The van der Waals surface area contributed by atoms with E-state index in [0.717, 1.165) is 10.0 Å². The Kier molecular flexibility index (Phi) is 5.19.